The number of fused-ring (bicyclic) bond motifs is 1. The quantitative estimate of drug-likeness (QED) is 0.117. The second kappa shape index (κ2) is 13.9. The SMILES string of the molecule is CC(Sc1cccc(NC(=O)/C(=C\c2cccc3ccccc23)NC(=O)c2ccccc2)c1)C(=O)Nc1ccc(Cl)cc1. The zero-order valence-corrected chi connectivity index (χ0v) is 24.8. The zero-order chi connectivity index (χ0) is 30.2. The number of nitrogens with one attached hydrogen (secondary N) is 3. The lowest BCUT2D eigenvalue weighted by molar-refractivity contribution is -0.115. The van der Waals surface area contributed by atoms with Crippen molar-refractivity contribution in [3.8, 4) is 0 Å². The molecule has 0 aliphatic rings. The molecule has 0 aromatic heterocycles. The minimum Gasteiger partial charge on any atom is -0.325 e. The number of anilines is 2. The summed E-state index contributed by atoms with van der Waals surface area (Å²) in [6.45, 7) is 1.81. The van der Waals surface area contributed by atoms with Crippen LogP contribution in [-0.4, -0.2) is 23.0 Å². The van der Waals surface area contributed by atoms with Crippen molar-refractivity contribution >= 4 is 69.3 Å². The fourth-order valence-electron chi connectivity index (χ4n) is 4.35. The van der Waals surface area contributed by atoms with Gasteiger partial charge in [-0.1, -0.05) is 78.3 Å². The van der Waals surface area contributed by atoms with Gasteiger partial charge in [0.05, 0.1) is 5.25 Å². The molecule has 0 saturated carbocycles. The van der Waals surface area contributed by atoms with Gasteiger partial charge in [-0.05, 0) is 83.9 Å². The monoisotopic (exact) mass is 605 g/mol. The van der Waals surface area contributed by atoms with Crippen LogP contribution in [0.5, 0.6) is 0 Å². The highest BCUT2D eigenvalue weighted by Crippen LogP contribution is 2.27. The Morgan fingerprint density at radius 1 is 0.744 bits per heavy atom. The first kappa shape index (κ1) is 29.6. The molecule has 3 N–H and O–H groups in total. The normalized spacial score (nSPS) is 11.9. The average molecular weight is 606 g/mol. The molecule has 43 heavy (non-hydrogen) atoms. The predicted molar refractivity (Wildman–Crippen MR) is 176 cm³/mol. The summed E-state index contributed by atoms with van der Waals surface area (Å²) in [5.41, 5.74) is 2.51. The first-order valence-corrected chi connectivity index (χ1v) is 14.8. The van der Waals surface area contributed by atoms with Gasteiger partial charge >= 0.3 is 0 Å². The van der Waals surface area contributed by atoms with Gasteiger partial charge in [0.1, 0.15) is 5.70 Å². The Kier molecular flexibility index (Phi) is 9.56. The highest BCUT2D eigenvalue weighted by atomic mass is 35.5. The number of benzene rings is 5. The third-order valence-electron chi connectivity index (χ3n) is 6.54. The van der Waals surface area contributed by atoms with Crippen molar-refractivity contribution < 1.29 is 14.4 Å². The Labute approximate surface area is 259 Å². The van der Waals surface area contributed by atoms with E-state index >= 15 is 0 Å². The number of carbonyl (C=O) groups is 3. The minimum atomic E-state index is -0.479. The van der Waals surface area contributed by atoms with Crippen LogP contribution in [0.15, 0.2) is 132 Å². The molecule has 0 aliphatic heterocycles. The van der Waals surface area contributed by atoms with Gasteiger partial charge in [0.25, 0.3) is 11.8 Å². The molecule has 3 amide bonds. The summed E-state index contributed by atoms with van der Waals surface area (Å²) in [5, 5.41) is 10.7. The molecule has 0 fully saturated rings. The van der Waals surface area contributed by atoms with Crippen LogP contribution in [0, 0.1) is 0 Å². The van der Waals surface area contributed by atoms with Crippen LogP contribution in [0.25, 0.3) is 16.8 Å². The van der Waals surface area contributed by atoms with Gasteiger partial charge in [-0.2, -0.15) is 0 Å². The van der Waals surface area contributed by atoms with Crippen molar-refractivity contribution in [2.45, 2.75) is 17.1 Å². The smallest absolute Gasteiger partial charge is 0.272 e. The fourth-order valence-corrected chi connectivity index (χ4v) is 5.41. The van der Waals surface area contributed by atoms with Crippen LogP contribution in [0.1, 0.15) is 22.8 Å². The summed E-state index contributed by atoms with van der Waals surface area (Å²) in [6, 6.07) is 36.5. The molecule has 0 bridgehead atoms. The minimum absolute atomic E-state index is 0.0963. The number of hydrogen-bond acceptors (Lipinski definition) is 4. The van der Waals surface area contributed by atoms with Gasteiger partial charge in [0, 0.05) is 26.9 Å². The second-order valence-electron chi connectivity index (χ2n) is 9.68. The molecule has 6 nitrogen and oxygen atoms in total. The third-order valence-corrected chi connectivity index (χ3v) is 7.88. The average Bonchev–Trinajstić information content (AvgIpc) is 3.02. The first-order chi connectivity index (χ1) is 20.9. The predicted octanol–water partition coefficient (Wildman–Crippen LogP) is 8.02. The van der Waals surface area contributed by atoms with E-state index in [0.29, 0.717) is 22.0 Å². The topological polar surface area (TPSA) is 87.3 Å². The van der Waals surface area contributed by atoms with Gasteiger partial charge in [0.15, 0.2) is 0 Å². The summed E-state index contributed by atoms with van der Waals surface area (Å²) in [7, 11) is 0. The van der Waals surface area contributed by atoms with E-state index in [1.54, 1.807) is 72.8 Å². The number of amides is 3. The molecular weight excluding hydrogens is 578 g/mol. The van der Waals surface area contributed by atoms with Crippen LogP contribution in [0.2, 0.25) is 5.02 Å². The van der Waals surface area contributed by atoms with Crippen molar-refractivity contribution in [3.05, 3.63) is 143 Å². The van der Waals surface area contributed by atoms with Gasteiger partial charge in [-0.25, -0.2) is 0 Å². The molecule has 8 heteroatoms. The standard InChI is InChI=1S/C35H28ClN3O3S/c1-23(33(40)37-28-19-17-27(36)18-20-28)43-30-15-8-14-29(22-30)38-35(42)32(39-34(41)25-10-3-2-4-11-25)21-26-13-7-12-24-9-5-6-16-31(24)26/h2-23H,1H3,(H,37,40)(H,38,42)(H,39,41)/b32-21+. The van der Waals surface area contributed by atoms with Crippen molar-refractivity contribution in [2.75, 3.05) is 10.6 Å². The Balaban J connectivity index is 1.35. The van der Waals surface area contributed by atoms with Crippen LogP contribution in [0.3, 0.4) is 0 Å². The van der Waals surface area contributed by atoms with Crippen molar-refractivity contribution in [1.82, 2.24) is 5.32 Å². The van der Waals surface area contributed by atoms with Crippen LogP contribution in [0.4, 0.5) is 11.4 Å². The van der Waals surface area contributed by atoms with Gasteiger partial charge < -0.3 is 16.0 Å². The Bertz CT molecular complexity index is 1800. The number of thioether (sulfide) groups is 1. The lowest BCUT2D eigenvalue weighted by atomic mass is 10.0. The van der Waals surface area contributed by atoms with E-state index in [9.17, 15) is 14.4 Å². The molecule has 0 heterocycles. The van der Waals surface area contributed by atoms with Gasteiger partial charge in [0.2, 0.25) is 5.91 Å². The highest BCUT2D eigenvalue weighted by Gasteiger charge is 2.18. The molecule has 5 aromatic rings. The number of hydrogen-bond donors (Lipinski definition) is 3. The van der Waals surface area contributed by atoms with Crippen molar-refractivity contribution in [3.63, 3.8) is 0 Å². The Hall–Kier alpha value is -4.85. The summed E-state index contributed by atoms with van der Waals surface area (Å²) < 4.78 is 0. The molecule has 0 saturated heterocycles. The molecular formula is C35H28ClN3O3S. The molecule has 0 spiro atoms. The largest absolute Gasteiger partial charge is 0.325 e. The summed E-state index contributed by atoms with van der Waals surface area (Å²) in [6.07, 6.45) is 1.68. The van der Waals surface area contributed by atoms with E-state index in [-0.39, 0.29) is 11.6 Å². The highest BCUT2D eigenvalue weighted by molar-refractivity contribution is 8.00. The lowest BCUT2D eigenvalue weighted by Gasteiger charge is -2.14. The van der Waals surface area contributed by atoms with Crippen LogP contribution < -0.4 is 16.0 Å². The Morgan fingerprint density at radius 2 is 1.44 bits per heavy atom. The number of rotatable bonds is 9. The van der Waals surface area contributed by atoms with Gasteiger partial charge in [-0.15, -0.1) is 11.8 Å². The maximum absolute atomic E-state index is 13.6. The second-order valence-corrected chi connectivity index (χ2v) is 11.5. The van der Waals surface area contributed by atoms with E-state index in [0.717, 1.165) is 21.2 Å². The van der Waals surface area contributed by atoms with Crippen LogP contribution >= 0.6 is 23.4 Å². The summed E-state index contributed by atoms with van der Waals surface area (Å²) >= 11 is 7.30. The molecule has 5 aromatic carbocycles. The molecule has 1 unspecified atom stereocenters. The maximum atomic E-state index is 13.6. The van der Waals surface area contributed by atoms with E-state index in [2.05, 4.69) is 16.0 Å². The Morgan fingerprint density at radius 3 is 2.23 bits per heavy atom. The van der Waals surface area contributed by atoms with E-state index in [4.69, 9.17) is 11.6 Å². The van der Waals surface area contributed by atoms with E-state index < -0.39 is 17.1 Å². The van der Waals surface area contributed by atoms with Crippen molar-refractivity contribution in [1.29, 1.82) is 0 Å². The van der Waals surface area contributed by atoms with E-state index in [1.807, 2.05) is 61.5 Å². The third kappa shape index (κ3) is 7.92. The molecule has 1 atom stereocenters. The van der Waals surface area contributed by atoms with Gasteiger partial charge in [-0.3, -0.25) is 14.4 Å². The summed E-state index contributed by atoms with van der Waals surface area (Å²) in [5.74, 6) is -1.04. The van der Waals surface area contributed by atoms with Crippen LogP contribution in [-0.2, 0) is 9.59 Å². The number of carbonyl (C=O) groups excluding carboxylic acids is 3. The first-order valence-electron chi connectivity index (χ1n) is 13.6. The lowest BCUT2D eigenvalue weighted by Crippen LogP contribution is -2.30. The molecule has 214 valence electrons. The molecule has 5 rings (SSSR count). The van der Waals surface area contributed by atoms with E-state index in [1.165, 1.54) is 11.8 Å². The summed E-state index contributed by atoms with van der Waals surface area (Å²) in [4.78, 5) is 40.2. The maximum Gasteiger partial charge on any atom is 0.272 e. The zero-order valence-electron chi connectivity index (χ0n) is 23.2. The number of halogens is 1. The molecule has 0 radical (unpaired) electrons. The van der Waals surface area contributed by atoms with Crippen molar-refractivity contribution in [2.24, 2.45) is 0 Å². The molecule has 0 aliphatic carbocycles. The fraction of sp³-hybridized carbons (Fsp3) is 0.0571.